The van der Waals surface area contributed by atoms with Crippen molar-refractivity contribution >= 4 is 11.9 Å². The SMILES string of the molecule is O=C(NC(CCc1ccccc1)C(=O)O)C1CCNCC1. The van der Waals surface area contributed by atoms with Crippen molar-refractivity contribution in [2.75, 3.05) is 13.1 Å². The average Bonchev–Trinajstić information content (AvgIpc) is 2.52. The van der Waals surface area contributed by atoms with E-state index in [0.29, 0.717) is 12.8 Å². The normalized spacial score (nSPS) is 17.1. The van der Waals surface area contributed by atoms with E-state index in [2.05, 4.69) is 10.6 Å². The first-order chi connectivity index (χ1) is 10.2. The van der Waals surface area contributed by atoms with E-state index in [-0.39, 0.29) is 11.8 Å². The van der Waals surface area contributed by atoms with Crippen molar-refractivity contribution in [2.24, 2.45) is 5.92 Å². The van der Waals surface area contributed by atoms with E-state index in [4.69, 9.17) is 0 Å². The third-order valence-electron chi connectivity index (χ3n) is 3.89. The summed E-state index contributed by atoms with van der Waals surface area (Å²) >= 11 is 0. The summed E-state index contributed by atoms with van der Waals surface area (Å²) in [5.74, 6) is -1.16. The van der Waals surface area contributed by atoms with Crippen molar-refractivity contribution in [1.82, 2.24) is 10.6 Å². The molecular formula is C16H22N2O3. The fourth-order valence-corrected chi connectivity index (χ4v) is 2.59. The molecule has 1 aromatic rings. The van der Waals surface area contributed by atoms with Crippen LogP contribution in [-0.2, 0) is 16.0 Å². The Kier molecular flexibility index (Phi) is 5.75. The van der Waals surface area contributed by atoms with Crippen molar-refractivity contribution in [2.45, 2.75) is 31.7 Å². The monoisotopic (exact) mass is 290 g/mol. The van der Waals surface area contributed by atoms with Crippen LogP contribution in [0.15, 0.2) is 30.3 Å². The third kappa shape index (κ3) is 4.86. The number of carbonyl (C=O) groups is 2. The van der Waals surface area contributed by atoms with Crippen molar-refractivity contribution in [3.05, 3.63) is 35.9 Å². The molecule has 5 heteroatoms. The number of nitrogens with one attached hydrogen (secondary N) is 2. The van der Waals surface area contributed by atoms with Crippen LogP contribution in [0.2, 0.25) is 0 Å². The number of aliphatic carboxylic acids is 1. The molecule has 1 aliphatic heterocycles. The Morgan fingerprint density at radius 2 is 1.90 bits per heavy atom. The van der Waals surface area contributed by atoms with Gasteiger partial charge in [0, 0.05) is 5.92 Å². The highest BCUT2D eigenvalue weighted by Crippen LogP contribution is 2.13. The quantitative estimate of drug-likeness (QED) is 0.735. The molecule has 0 spiro atoms. The summed E-state index contributed by atoms with van der Waals surface area (Å²) in [7, 11) is 0. The van der Waals surface area contributed by atoms with Gasteiger partial charge in [-0.05, 0) is 44.3 Å². The molecule has 1 atom stereocenters. The Labute approximate surface area is 124 Å². The minimum Gasteiger partial charge on any atom is -0.480 e. The van der Waals surface area contributed by atoms with Gasteiger partial charge in [0.25, 0.3) is 0 Å². The lowest BCUT2D eigenvalue weighted by Crippen LogP contribution is -2.46. The highest BCUT2D eigenvalue weighted by atomic mass is 16.4. The van der Waals surface area contributed by atoms with Gasteiger partial charge in [-0.2, -0.15) is 0 Å². The minimum absolute atomic E-state index is 0.0650. The molecule has 1 saturated heterocycles. The smallest absolute Gasteiger partial charge is 0.326 e. The first kappa shape index (κ1) is 15.5. The molecular weight excluding hydrogens is 268 g/mol. The number of aryl methyl sites for hydroxylation is 1. The highest BCUT2D eigenvalue weighted by Gasteiger charge is 2.26. The Bertz CT molecular complexity index is 470. The Balaban J connectivity index is 1.86. The molecule has 1 heterocycles. The lowest BCUT2D eigenvalue weighted by atomic mass is 9.96. The van der Waals surface area contributed by atoms with Crippen molar-refractivity contribution in [3.63, 3.8) is 0 Å². The van der Waals surface area contributed by atoms with E-state index in [1.54, 1.807) is 0 Å². The van der Waals surface area contributed by atoms with Gasteiger partial charge in [-0.3, -0.25) is 4.79 Å². The van der Waals surface area contributed by atoms with E-state index < -0.39 is 12.0 Å². The van der Waals surface area contributed by atoms with Gasteiger partial charge >= 0.3 is 5.97 Å². The Morgan fingerprint density at radius 3 is 2.52 bits per heavy atom. The summed E-state index contributed by atoms with van der Waals surface area (Å²) < 4.78 is 0. The number of rotatable bonds is 6. The van der Waals surface area contributed by atoms with Gasteiger partial charge in [-0.1, -0.05) is 30.3 Å². The van der Waals surface area contributed by atoms with E-state index in [1.165, 1.54) is 0 Å². The standard InChI is InChI=1S/C16H22N2O3/c19-15(13-8-10-17-11-9-13)18-14(16(20)21)7-6-12-4-2-1-3-5-12/h1-5,13-14,17H,6-11H2,(H,18,19)(H,20,21). The topological polar surface area (TPSA) is 78.4 Å². The fraction of sp³-hybridized carbons (Fsp3) is 0.500. The first-order valence-corrected chi connectivity index (χ1v) is 7.44. The Hall–Kier alpha value is -1.88. The lowest BCUT2D eigenvalue weighted by Gasteiger charge is -2.24. The maximum Gasteiger partial charge on any atom is 0.326 e. The maximum atomic E-state index is 12.1. The van der Waals surface area contributed by atoms with Crippen LogP contribution in [-0.4, -0.2) is 36.1 Å². The minimum atomic E-state index is -0.965. The molecule has 0 aliphatic carbocycles. The molecule has 0 saturated carbocycles. The second-order valence-corrected chi connectivity index (χ2v) is 5.45. The fourth-order valence-electron chi connectivity index (χ4n) is 2.59. The van der Waals surface area contributed by atoms with Gasteiger partial charge in [0.15, 0.2) is 0 Å². The molecule has 21 heavy (non-hydrogen) atoms. The largest absolute Gasteiger partial charge is 0.480 e. The van der Waals surface area contributed by atoms with Gasteiger partial charge in [0.1, 0.15) is 6.04 Å². The molecule has 1 unspecified atom stereocenters. The summed E-state index contributed by atoms with van der Waals surface area (Å²) in [4.78, 5) is 23.4. The average molecular weight is 290 g/mol. The van der Waals surface area contributed by atoms with Crippen LogP contribution in [0.3, 0.4) is 0 Å². The van der Waals surface area contributed by atoms with E-state index in [1.807, 2.05) is 30.3 Å². The van der Waals surface area contributed by atoms with Crippen LogP contribution < -0.4 is 10.6 Å². The van der Waals surface area contributed by atoms with Crippen LogP contribution in [0, 0.1) is 5.92 Å². The lowest BCUT2D eigenvalue weighted by molar-refractivity contribution is -0.142. The summed E-state index contributed by atoms with van der Waals surface area (Å²) in [5.41, 5.74) is 1.08. The van der Waals surface area contributed by atoms with Gasteiger partial charge < -0.3 is 15.7 Å². The van der Waals surface area contributed by atoms with E-state index in [9.17, 15) is 14.7 Å². The molecule has 5 nitrogen and oxygen atoms in total. The van der Waals surface area contributed by atoms with Gasteiger partial charge in [0.05, 0.1) is 0 Å². The number of piperidine rings is 1. The number of benzene rings is 1. The van der Waals surface area contributed by atoms with Crippen LogP contribution in [0.1, 0.15) is 24.8 Å². The molecule has 1 aliphatic rings. The molecule has 0 aromatic heterocycles. The molecule has 114 valence electrons. The number of carbonyl (C=O) groups excluding carboxylic acids is 1. The third-order valence-corrected chi connectivity index (χ3v) is 3.89. The second kappa shape index (κ2) is 7.78. The van der Waals surface area contributed by atoms with E-state index >= 15 is 0 Å². The number of carboxylic acid groups (broad SMARTS) is 1. The number of hydrogen-bond donors (Lipinski definition) is 3. The van der Waals surface area contributed by atoms with Crippen LogP contribution >= 0.6 is 0 Å². The number of hydrogen-bond acceptors (Lipinski definition) is 3. The van der Waals surface area contributed by atoms with Gasteiger partial charge in [0.2, 0.25) is 5.91 Å². The van der Waals surface area contributed by atoms with Crippen LogP contribution in [0.5, 0.6) is 0 Å². The number of carboxylic acids is 1. The zero-order valence-corrected chi connectivity index (χ0v) is 12.0. The zero-order valence-electron chi connectivity index (χ0n) is 12.0. The Morgan fingerprint density at radius 1 is 1.24 bits per heavy atom. The van der Waals surface area contributed by atoms with Crippen LogP contribution in [0.4, 0.5) is 0 Å². The van der Waals surface area contributed by atoms with E-state index in [0.717, 1.165) is 31.5 Å². The van der Waals surface area contributed by atoms with Crippen molar-refractivity contribution in [1.29, 1.82) is 0 Å². The molecule has 1 fully saturated rings. The maximum absolute atomic E-state index is 12.1. The van der Waals surface area contributed by atoms with Crippen molar-refractivity contribution in [3.8, 4) is 0 Å². The van der Waals surface area contributed by atoms with Crippen molar-refractivity contribution < 1.29 is 14.7 Å². The summed E-state index contributed by atoms with van der Waals surface area (Å²) in [5, 5.41) is 15.2. The molecule has 3 N–H and O–H groups in total. The second-order valence-electron chi connectivity index (χ2n) is 5.45. The molecule has 0 bridgehead atoms. The van der Waals surface area contributed by atoms with Crippen LogP contribution in [0.25, 0.3) is 0 Å². The molecule has 1 amide bonds. The summed E-state index contributed by atoms with van der Waals surface area (Å²) in [6, 6.07) is 8.91. The predicted octanol–water partition coefficient (Wildman–Crippen LogP) is 1.19. The zero-order chi connectivity index (χ0) is 15.1. The van der Waals surface area contributed by atoms with Gasteiger partial charge in [-0.25, -0.2) is 4.79 Å². The van der Waals surface area contributed by atoms with Gasteiger partial charge in [-0.15, -0.1) is 0 Å². The summed E-state index contributed by atoms with van der Waals surface area (Å²) in [6.45, 7) is 1.64. The molecule has 2 rings (SSSR count). The first-order valence-electron chi connectivity index (χ1n) is 7.44. The summed E-state index contributed by atoms with van der Waals surface area (Å²) in [6.07, 6.45) is 2.61. The molecule has 1 aromatic carbocycles. The highest BCUT2D eigenvalue weighted by molar-refractivity contribution is 5.85. The molecule has 0 radical (unpaired) electrons. The number of amides is 1. The predicted molar refractivity (Wildman–Crippen MR) is 79.9 cm³/mol.